The number of thiophene rings is 1. The minimum Gasteiger partial charge on any atom is -0.353 e. The molecule has 6 heteroatoms. The van der Waals surface area contributed by atoms with Crippen molar-refractivity contribution in [2.45, 2.75) is 26.4 Å². The molecule has 4 nitrogen and oxygen atoms in total. The molecule has 0 fully saturated rings. The summed E-state index contributed by atoms with van der Waals surface area (Å²) in [5, 5.41) is 3.33. The number of aromatic nitrogens is 2. The van der Waals surface area contributed by atoms with E-state index in [1.165, 1.54) is 4.88 Å². The van der Waals surface area contributed by atoms with Gasteiger partial charge in [-0.25, -0.2) is 4.98 Å². The Morgan fingerprint density at radius 2 is 2.20 bits per heavy atom. The molecule has 2 heterocycles. The number of rotatable bonds is 7. The summed E-state index contributed by atoms with van der Waals surface area (Å²) in [7, 11) is 2.01. The van der Waals surface area contributed by atoms with E-state index in [1.807, 2.05) is 25.4 Å². The van der Waals surface area contributed by atoms with Crippen LogP contribution in [-0.2, 0) is 13.1 Å². The van der Waals surface area contributed by atoms with E-state index in [0.717, 1.165) is 41.9 Å². The largest absolute Gasteiger partial charge is 0.353 e. The Morgan fingerprint density at radius 3 is 2.90 bits per heavy atom. The van der Waals surface area contributed by atoms with Gasteiger partial charge in [-0.15, -0.1) is 11.3 Å². The van der Waals surface area contributed by atoms with Gasteiger partial charge >= 0.3 is 0 Å². The Kier molecular flexibility index (Phi) is 5.76. The minimum absolute atomic E-state index is 0.757. The molecule has 0 spiro atoms. The molecular weight excluding hydrogens is 292 g/mol. The van der Waals surface area contributed by atoms with E-state index in [0.29, 0.717) is 0 Å². The molecular formula is C14H19ClN4S. The number of anilines is 1. The average molecular weight is 311 g/mol. The third-order valence-corrected chi connectivity index (χ3v) is 4.03. The lowest BCUT2D eigenvalue weighted by atomic mass is 10.4. The first-order valence-electron chi connectivity index (χ1n) is 6.66. The molecule has 0 aliphatic rings. The number of hydrogen-bond acceptors (Lipinski definition) is 5. The van der Waals surface area contributed by atoms with Crippen LogP contribution in [0.5, 0.6) is 0 Å². The topological polar surface area (TPSA) is 41.1 Å². The molecule has 0 saturated carbocycles. The molecule has 2 rings (SSSR count). The van der Waals surface area contributed by atoms with Crippen LogP contribution in [-0.4, -0.2) is 23.6 Å². The Balaban J connectivity index is 1.98. The number of halogens is 1. The van der Waals surface area contributed by atoms with Gasteiger partial charge in [0, 0.05) is 24.7 Å². The van der Waals surface area contributed by atoms with E-state index in [1.54, 1.807) is 17.5 Å². The molecule has 0 aromatic carbocycles. The normalized spacial score (nSPS) is 10.8. The minimum atomic E-state index is 0.757. The SMILES string of the molecule is CCCNCc1cncc(N(C)Cc2ccc(Cl)s2)n1. The lowest BCUT2D eigenvalue weighted by Crippen LogP contribution is -2.20. The van der Waals surface area contributed by atoms with Crippen LogP contribution in [0.2, 0.25) is 4.34 Å². The highest BCUT2D eigenvalue weighted by Gasteiger charge is 2.07. The van der Waals surface area contributed by atoms with E-state index in [9.17, 15) is 0 Å². The smallest absolute Gasteiger partial charge is 0.147 e. The summed E-state index contributed by atoms with van der Waals surface area (Å²) in [5.41, 5.74) is 0.965. The van der Waals surface area contributed by atoms with Gasteiger partial charge in [0.15, 0.2) is 0 Å². The van der Waals surface area contributed by atoms with Crippen molar-refractivity contribution in [1.29, 1.82) is 0 Å². The number of nitrogens with one attached hydrogen (secondary N) is 1. The first kappa shape index (κ1) is 15.2. The van der Waals surface area contributed by atoms with E-state index in [4.69, 9.17) is 11.6 Å². The molecule has 0 aliphatic carbocycles. The van der Waals surface area contributed by atoms with Gasteiger partial charge in [-0.2, -0.15) is 0 Å². The van der Waals surface area contributed by atoms with Crippen molar-refractivity contribution >= 4 is 28.8 Å². The molecule has 2 aromatic heterocycles. The fraction of sp³-hybridized carbons (Fsp3) is 0.429. The van der Waals surface area contributed by atoms with E-state index < -0.39 is 0 Å². The van der Waals surface area contributed by atoms with Crippen molar-refractivity contribution in [1.82, 2.24) is 15.3 Å². The van der Waals surface area contributed by atoms with Crippen molar-refractivity contribution in [3.05, 3.63) is 39.4 Å². The number of nitrogens with zero attached hydrogens (tertiary/aromatic N) is 3. The monoisotopic (exact) mass is 310 g/mol. The Morgan fingerprint density at radius 1 is 1.35 bits per heavy atom. The van der Waals surface area contributed by atoms with Crippen LogP contribution < -0.4 is 10.2 Å². The summed E-state index contributed by atoms with van der Waals surface area (Å²) in [6.07, 6.45) is 4.71. The maximum Gasteiger partial charge on any atom is 0.147 e. The van der Waals surface area contributed by atoms with Crippen LogP contribution in [0.4, 0.5) is 5.82 Å². The molecule has 0 unspecified atom stereocenters. The summed E-state index contributed by atoms with van der Waals surface area (Å²) in [4.78, 5) is 12.2. The molecule has 0 bridgehead atoms. The van der Waals surface area contributed by atoms with Gasteiger partial charge in [-0.05, 0) is 25.1 Å². The van der Waals surface area contributed by atoms with Crippen molar-refractivity contribution in [3.63, 3.8) is 0 Å². The lowest BCUT2D eigenvalue weighted by Gasteiger charge is -2.17. The van der Waals surface area contributed by atoms with Crippen LogP contribution in [0.25, 0.3) is 0 Å². The molecule has 2 aromatic rings. The predicted molar refractivity (Wildman–Crippen MR) is 85.5 cm³/mol. The van der Waals surface area contributed by atoms with Gasteiger partial charge in [-0.1, -0.05) is 18.5 Å². The zero-order valence-electron chi connectivity index (χ0n) is 11.8. The second-order valence-electron chi connectivity index (χ2n) is 4.61. The fourth-order valence-electron chi connectivity index (χ4n) is 1.81. The predicted octanol–water partition coefficient (Wildman–Crippen LogP) is 3.33. The van der Waals surface area contributed by atoms with Crippen LogP contribution in [0.15, 0.2) is 24.5 Å². The zero-order valence-corrected chi connectivity index (χ0v) is 13.3. The standard InChI is InChI=1S/C14H19ClN4S/c1-3-6-16-7-11-8-17-9-14(18-11)19(2)10-12-4-5-13(15)20-12/h4-5,8-9,16H,3,6-7,10H2,1-2H3. The third kappa shape index (κ3) is 4.44. The molecule has 20 heavy (non-hydrogen) atoms. The molecule has 1 N–H and O–H groups in total. The van der Waals surface area contributed by atoms with Gasteiger partial charge in [-0.3, -0.25) is 4.98 Å². The second-order valence-corrected chi connectivity index (χ2v) is 6.41. The number of hydrogen-bond donors (Lipinski definition) is 1. The lowest BCUT2D eigenvalue weighted by molar-refractivity contribution is 0.661. The fourth-order valence-corrected chi connectivity index (χ4v) is 2.95. The maximum absolute atomic E-state index is 5.95. The first-order chi connectivity index (χ1) is 9.69. The van der Waals surface area contributed by atoms with E-state index in [2.05, 4.69) is 27.1 Å². The summed E-state index contributed by atoms with van der Waals surface area (Å²) in [6.45, 7) is 4.69. The van der Waals surface area contributed by atoms with Gasteiger partial charge in [0.1, 0.15) is 5.82 Å². The summed E-state index contributed by atoms with van der Waals surface area (Å²) < 4.78 is 0.817. The van der Waals surface area contributed by atoms with E-state index in [-0.39, 0.29) is 0 Å². The summed E-state index contributed by atoms with van der Waals surface area (Å²) >= 11 is 7.54. The molecule has 108 valence electrons. The Hall–Kier alpha value is -1.17. The summed E-state index contributed by atoms with van der Waals surface area (Å²) in [5.74, 6) is 0.880. The molecule has 0 radical (unpaired) electrons. The highest BCUT2D eigenvalue weighted by molar-refractivity contribution is 7.16. The Bertz CT molecular complexity index is 543. The van der Waals surface area contributed by atoms with Crippen molar-refractivity contribution in [3.8, 4) is 0 Å². The molecule has 0 saturated heterocycles. The zero-order chi connectivity index (χ0) is 14.4. The van der Waals surface area contributed by atoms with Gasteiger partial charge in [0.05, 0.1) is 22.8 Å². The van der Waals surface area contributed by atoms with Crippen LogP contribution >= 0.6 is 22.9 Å². The summed E-state index contributed by atoms with van der Waals surface area (Å²) in [6, 6.07) is 3.97. The first-order valence-corrected chi connectivity index (χ1v) is 7.85. The van der Waals surface area contributed by atoms with Gasteiger partial charge in [0.25, 0.3) is 0 Å². The Labute approximate surface area is 128 Å². The molecule has 0 atom stereocenters. The molecule has 0 aliphatic heterocycles. The highest BCUT2D eigenvalue weighted by atomic mass is 35.5. The van der Waals surface area contributed by atoms with Crippen LogP contribution in [0.1, 0.15) is 23.9 Å². The molecule has 0 amide bonds. The average Bonchev–Trinajstić information content (AvgIpc) is 2.85. The van der Waals surface area contributed by atoms with Crippen molar-refractivity contribution < 1.29 is 0 Å². The second kappa shape index (κ2) is 7.57. The van der Waals surface area contributed by atoms with Gasteiger partial charge < -0.3 is 10.2 Å². The van der Waals surface area contributed by atoms with Crippen LogP contribution in [0, 0.1) is 0 Å². The van der Waals surface area contributed by atoms with Gasteiger partial charge in [0.2, 0.25) is 0 Å². The quantitative estimate of drug-likeness (QED) is 0.796. The third-order valence-electron chi connectivity index (χ3n) is 2.82. The van der Waals surface area contributed by atoms with Crippen molar-refractivity contribution in [2.75, 3.05) is 18.5 Å². The van der Waals surface area contributed by atoms with Crippen LogP contribution in [0.3, 0.4) is 0 Å². The maximum atomic E-state index is 5.95. The van der Waals surface area contributed by atoms with Crippen molar-refractivity contribution in [2.24, 2.45) is 0 Å². The van der Waals surface area contributed by atoms with E-state index >= 15 is 0 Å². The highest BCUT2D eigenvalue weighted by Crippen LogP contribution is 2.23.